The van der Waals surface area contributed by atoms with Gasteiger partial charge in [0.2, 0.25) is 17.7 Å². The number of carbonyl (C=O) groups excluding carboxylic acids is 4. The number of hydrogen-bond acceptors (Lipinski definition) is 5. The fraction of sp³-hybridized carbons (Fsp3) is 0.789. The van der Waals surface area contributed by atoms with Crippen molar-refractivity contribution < 1.29 is 19.2 Å². The van der Waals surface area contributed by atoms with E-state index in [9.17, 15) is 19.2 Å². The highest BCUT2D eigenvalue weighted by molar-refractivity contribution is 7.98. The zero-order valence-electron chi connectivity index (χ0n) is 17.3. The van der Waals surface area contributed by atoms with E-state index in [2.05, 4.69) is 16.0 Å². The van der Waals surface area contributed by atoms with Crippen LogP contribution >= 0.6 is 11.8 Å². The summed E-state index contributed by atoms with van der Waals surface area (Å²) in [5, 5.41) is 8.11. The van der Waals surface area contributed by atoms with Crippen molar-refractivity contribution in [2.45, 2.75) is 72.0 Å². The highest BCUT2D eigenvalue weighted by Crippen LogP contribution is 2.09. The van der Waals surface area contributed by atoms with Crippen LogP contribution in [0.3, 0.4) is 0 Å². The molecule has 0 radical (unpaired) electrons. The van der Waals surface area contributed by atoms with Gasteiger partial charge < -0.3 is 20.7 Å². The lowest BCUT2D eigenvalue weighted by atomic mass is 10.00. The van der Waals surface area contributed by atoms with Crippen LogP contribution in [0.4, 0.5) is 0 Å². The van der Waals surface area contributed by atoms with E-state index in [1.54, 1.807) is 11.8 Å². The lowest BCUT2D eigenvalue weighted by molar-refractivity contribution is -0.133. The van der Waals surface area contributed by atoms with Crippen molar-refractivity contribution in [3.8, 4) is 0 Å². The van der Waals surface area contributed by atoms with Gasteiger partial charge in [-0.1, -0.05) is 27.7 Å². The molecular weight excluding hydrogens is 366 g/mol. The molecule has 27 heavy (non-hydrogen) atoms. The lowest BCUT2D eigenvalue weighted by Crippen LogP contribution is -2.55. The molecule has 7 nitrogen and oxygen atoms in total. The largest absolute Gasteiger partial charge is 0.345 e. The summed E-state index contributed by atoms with van der Waals surface area (Å²) < 4.78 is 0. The summed E-state index contributed by atoms with van der Waals surface area (Å²) in [6, 6.07) is -2.01. The van der Waals surface area contributed by atoms with Gasteiger partial charge in [-0.2, -0.15) is 11.8 Å². The van der Waals surface area contributed by atoms with Gasteiger partial charge in [-0.05, 0) is 43.1 Å². The molecule has 3 amide bonds. The van der Waals surface area contributed by atoms with Crippen LogP contribution < -0.4 is 16.0 Å². The van der Waals surface area contributed by atoms with E-state index < -0.39 is 18.1 Å². The zero-order valence-corrected chi connectivity index (χ0v) is 18.2. The third-order valence-electron chi connectivity index (χ3n) is 3.87. The highest BCUT2D eigenvalue weighted by atomic mass is 32.2. The number of hydrogen-bond donors (Lipinski definition) is 3. The first kappa shape index (κ1) is 25.4. The first-order valence-corrected chi connectivity index (χ1v) is 10.8. The third-order valence-corrected chi connectivity index (χ3v) is 4.51. The number of rotatable bonds is 13. The molecule has 3 atom stereocenters. The van der Waals surface area contributed by atoms with Crippen LogP contribution in [0, 0.1) is 11.8 Å². The molecule has 0 aromatic carbocycles. The summed E-state index contributed by atoms with van der Waals surface area (Å²) in [6.45, 7) is 9.19. The number of thioether (sulfide) groups is 1. The van der Waals surface area contributed by atoms with Gasteiger partial charge in [0.25, 0.3) is 0 Å². The molecule has 0 aliphatic carbocycles. The second kappa shape index (κ2) is 13.6. The number of carbonyl (C=O) groups is 4. The van der Waals surface area contributed by atoms with Crippen molar-refractivity contribution in [3.63, 3.8) is 0 Å². The van der Waals surface area contributed by atoms with E-state index in [0.717, 1.165) is 12.0 Å². The van der Waals surface area contributed by atoms with Crippen molar-refractivity contribution in [1.82, 2.24) is 16.0 Å². The van der Waals surface area contributed by atoms with Gasteiger partial charge in [-0.15, -0.1) is 0 Å². The van der Waals surface area contributed by atoms with Gasteiger partial charge in [0.1, 0.15) is 18.4 Å². The van der Waals surface area contributed by atoms with Crippen molar-refractivity contribution in [2.75, 3.05) is 12.0 Å². The second-order valence-electron chi connectivity index (χ2n) is 7.61. The van der Waals surface area contributed by atoms with Gasteiger partial charge in [0.05, 0.1) is 6.04 Å². The number of aldehydes is 1. The smallest absolute Gasteiger partial charge is 0.243 e. The molecule has 156 valence electrons. The van der Waals surface area contributed by atoms with Crippen molar-refractivity contribution in [2.24, 2.45) is 11.8 Å². The molecule has 3 N–H and O–H groups in total. The van der Waals surface area contributed by atoms with Crippen LogP contribution in [0.2, 0.25) is 0 Å². The van der Waals surface area contributed by atoms with E-state index in [4.69, 9.17) is 0 Å². The minimum Gasteiger partial charge on any atom is -0.345 e. The van der Waals surface area contributed by atoms with Gasteiger partial charge in [-0.25, -0.2) is 0 Å². The average Bonchev–Trinajstić information content (AvgIpc) is 2.55. The molecule has 0 aliphatic rings. The second-order valence-corrected chi connectivity index (χ2v) is 8.59. The Morgan fingerprint density at radius 3 is 1.78 bits per heavy atom. The molecule has 0 unspecified atom stereocenters. The summed E-state index contributed by atoms with van der Waals surface area (Å²) in [5.41, 5.74) is 0. The molecule has 0 bridgehead atoms. The molecule has 0 fully saturated rings. The Labute approximate surface area is 167 Å². The SMILES string of the molecule is CSCC[C@@H](C=O)NC(=O)[C@H](CC(C)C)NC(=O)[C@H](CC(C)C)NC(C)=O. The minimum absolute atomic E-state index is 0.172. The summed E-state index contributed by atoms with van der Waals surface area (Å²) >= 11 is 1.60. The monoisotopic (exact) mass is 401 g/mol. The zero-order chi connectivity index (χ0) is 21.0. The molecule has 8 heteroatoms. The van der Waals surface area contributed by atoms with E-state index in [0.29, 0.717) is 19.3 Å². The van der Waals surface area contributed by atoms with E-state index in [-0.39, 0.29) is 29.6 Å². The normalized spacial score (nSPS) is 14.4. The Hall–Kier alpha value is -1.57. The standard InChI is InChI=1S/C19H35N3O4S/c1-12(2)9-16(20-14(5)24)19(26)22-17(10-13(3)4)18(25)21-15(11-23)7-8-27-6/h11-13,15-17H,7-10H2,1-6H3,(H,20,24)(H,21,25)(H,22,26)/t15-,16-,17-/m0/s1. The average molecular weight is 402 g/mol. The maximum Gasteiger partial charge on any atom is 0.243 e. The topological polar surface area (TPSA) is 104 Å². The van der Waals surface area contributed by atoms with Gasteiger partial charge in [0, 0.05) is 6.92 Å². The first-order valence-electron chi connectivity index (χ1n) is 9.42. The Kier molecular flexibility index (Phi) is 12.8. The molecule has 0 heterocycles. The van der Waals surface area contributed by atoms with E-state index in [1.807, 2.05) is 34.0 Å². The molecule has 0 aromatic heterocycles. The number of nitrogens with one attached hydrogen (secondary N) is 3. The Morgan fingerprint density at radius 2 is 1.37 bits per heavy atom. The van der Waals surface area contributed by atoms with Crippen molar-refractivity contribution in [1.29, 1.82) is 0 Å². The van der Waals surface area contributed by atoms with Crippen molar-refractivity contribution in [3.05, 3.63) is 0 Å². The van der Waals surface area contributed by atoms with Crippen LogP contribution in [-0.2, 0) is 19.2 Å². The summed E-state index contributed by atoms with van der Waals surface area (Å²) in [6.07, 6.45) is 4.12. The quantitative estimate of drug-likeness (QED) is 0.406. The minimum atomic E-state index is -0.752. The first-order chi connectivity index (χ1) is 12.6. The molecule has 0 saturated carbocycles. The fourth-order valence-electron chi connectivity index (χ4n) is 2.63. The van der Waals surface area contributed by atoms with Crippen molar-refractivity contribution >= 4 is 35.8 Å². The van der Waals surface area contributed by atoms with Gasteiger partial charge in [0.15, 0.2) is 0 Å². The van der Waals surface area contributed by atoms with Crippen LogP contribution in [0.5, 0.6) is 0 Å². The maximum absolute atomic E-state index is 12.7. The van der Waals surface area contributed by atoms with Crippen LogP contribution in [0.1, 0.15) is 53.9 Å². The molecule has 0 aliphatic heterocycles. The maximum atomic E-state index is 12.7. The molecule has 0 aromatic rings. The predicted molar refractivity (Wildman–Crippen MR) is 109 cm³/mol. The summed E-state index contributed by atoms with van der Waals surface area (Å²) in [7, 11) is 0. The lowest BCUT2D eigenvalue weighted by Gasteiger charge is -2.25. The van der Waals surface area contributed by atoms with Crippen LogP contribution in [0.15, 0.2) is 0 Å². The van der Waals surface area contributed by atoms with Gasteiger partial charge in [-0.3, -0.25) is 14.4 Å². The summed E-state index contributed by atoms with van der Waals surface area (Å²) in [4.78, 5) is 47.9. The third kappa shape index (κ3) is 11.7. The van der Waals surface area contributed by atoms with E-state index in [1.165, 1.54) is 6.92 Å². The predicted octanol–water partition coefficient (Wildman–Crippen LogP) is 1.50. The van der Waals surface area contributed by atoms with Gasteiger partial charge >= 0.3 is 0 Å². The summed E-state index contributed by atoms with van der Waals surface area (Å²) in [5.74, 6) is 0.0814. The Balaban J connectivity index is 5.14. The molecule has 0 saturated heterocycles. The Morgan fingerprint density at radius 1 is 0.889 bits per heavy atom. The Bertz CT molecular complexity index is 497. The molecule has 0 rings (SSSR count). The van der Waals surface area contributed by atoms with Crippen LogP contribution in [0.25, 0.3) is 0 Å². The highest BCUT2D eigenvalue weighted by Gasteiger charge is 2.28. The number of amides is 3. The molecule has 0 spiro atoms. The van der Waals surface area contributed by atoms with E-state index >= 15 is 0 Å². The fourth-order valence-corrected chi connectivity index (χ4v) is 3.12. The molecular formula is C19H35N3O4S. The van der Waals surface area contributed by atoms with Crippen LogP contribution in [-0.4, -0.2) is 54.1 Å².